The average Bonchev–Trinajstić information content (AvgIpc) is 2.37. The van der Waals surface area contributed by atoms with E-state index in [1.165, 1.54) is 12.1 Å². The van der Waals surface area contributed by atoms with Crippen LogP contribution in [0.2, 0.25) is 0 Å². The number of sulfonamides is 1. The molecule has 0 saturated heterocycles. The first-order valence-corrected chi connectivity index (χ1v) is 6.99. The van der Waals surface area contributed by atoms with Gasteiger partial charge in [0.05, 0.1) is 4.90 Å². The van der Waals surface area contributed by atoms with Crippen LogP contribution in [0.3, 0.4) is 0 Å². The van der Waals surface area contributed by atoms with Gasteiger partial charge in [0.1, 0.15) is 5.71 Å². The fourth-order valence-electron chi connectivity index (χ4n) is 1.11. The molecule has 0 saturated carbocycles. The molecule has 0 radical (unpaired) electrons. The van der Waals surface area contributed by atoms with Crippen LogP contribution in [0.25, 0.3) is 0 Å². The zero-order chi connectivity index (χ0) is 14.3. The molecule has 0 aromatic heterocycles. The second kappa shape index (κ2) is 6.63. The third kappa shape index (κ3) is 4.87. The van der Waals surface area contributed by atoms with E-state index in [1.54, 1.807) is 26.0 Å². The van der Waals surface area contributed by atoms with E-state index >= 15 is 0 Å². The van der Waals surface area contributed by atoms with E-state index in [1.807, 2.05) is 6.92 Å². The quantitative estimate of drug-likeness (QED) is 0.518. The Morgan fingerprint density at radius 3 is 2.42 bits per heavy atom. The lowest BCUT2D eigenvalue weighted by atomic mass is 10.2. The van der Waals surface area contributed by atoms with E-state index in [0.717, 1.165) is 5.56 Å². The molecule has 0 bridgehead atoms. The SMILES string of the molecule is CC#CC#C/C(C)=N/NS(=O)(=O)c1ccc(C)cc1. The van der Waals surface area contributed by atoms with Gasteiger partial charge in [-0.3, -0.25) is 0 Å². The molecule has 0 aliphatic carbocycles. The normalized spacial score (nSPS) is 10.8. The average molecular weight is 274 g/mol. The highest BCUT2D eigenvalue weighted by Gasteiger charge is 2.11. The Bertz CT molecular complexity index is 694. The third-order valence-electron chi connectivity index (χ3n) is 2.10. The summed E-state index contributed by atoms with van der Waals surface area (Å²) in [5, 5.41) is 3.70. The lowest BCUT2D eigenvalue weighted by Gasteiger charge is -2.03. The summed E-state index contributed by atoms with van der Waals surface area (Å²) in [7, 11) is -3.64. The predicted octanol–water partition coefficient (Wildman–Crippen LogP) is 1.68. The molecule has 1 N–H and O–H groups in total. The Balaban J connectivity index is 2.86. The first-order valence-electron chi connectivity index (χ1n) is 5.51. The molecular formula is C14H14N2O2S. The topological polar surface area (TPSA) is 58.5 Å². The van der Waals surface area contributed by atoms with E-state index in [-0.39, 0.29) is 4.90 Å². The minimum atomic E-state index is -3.64. The minimum absolute atomic E-state index is 0.163. The first kappa shape index (κ1) is 14.8. The second-order valence-corrected chi connectivity index (χ2v) is 5.39. The predicted molar refractivity (Wildman–Crippen MR) is 75.8 cm³/mol. The van der Waals surface area contributed by atoms with Crippen molar-refractivity contribution in [2.45, 2.75) is 25.7 Å². The van der Waals surface area contributed by atoms with Crippen LogP contribution in [0.4, 0.5) is 0 Å². The summed E-state index contributed by atoms with van der Waals surface area (Å²) < 4.78 is 23.8. The van der Waals surface area contributed by atoms with Gasteiger partial charge in [-0.25, -0.2) is 0 Å². The van der Waals surface area contributed by atoms with Gasteiger partial charge in [-0.1, -0.05) is 23.6 Å². The molecular weight excluding hydrogens is 260 g/mol. The molecule has 98 valence electrons. The number of aryl methyl sites for hydroxylation is 1. The Labute approximate surface area is 114 Å². The summed E-state index contributed by atoms with van der Waals surface area (Å²) in [6, 6.07) is 6.50. The highest BCUT2D eigenvalue weighted by molar-refractivity contribution is 7.89. The smallest absolute Gasteiger partial charge is 0.200 e. The number of benzene rings is 1. The van der Waals surface area contributed by atoms with E-state index in [9.17, 15) is 8.42 Å². The molecule has 0 unspecified atom stereocenters. The Morgan fingerprint density at radius 1 is 1.21 bits per heavy atom. The Kier molecular flexibility index (Phi) is 5.17. The minimum Gasteiger partial charge on any atom is -0.200 e. The molecule has 1 aromatic carbocycles. The highest BCUT2D eigenvalue weighted by Crippen LogP contribution is 2.09. The van der Waals surface area contributed by atoms with Crippen LogP contribution >= 0.6 is 0 Å². The second-order valence-electron chi connectivity index (χ2n) is 3.73. The molecule has 19 heavy (non-hydrogen) atoms. The van der Waals surface area contributed by atoms with Gasteiger partial charge in [-0.2, -0.15) is 18.4 Å². The van der Waals surface area contributed by atoms with Crippen LogP contribution in [0, 0.1) is 30.6 Å². The lowest BCUT2D eigenvalue weighted by molar-refractivity contribution is 0.584. The maximum absolute atomic E-state index is 11.9. The monoisotopic (exact) mass is 274 g/mol. The third-order valence-corrected chi connectivity index (χ3v) is 3.32. The van der Waals surface area contributed by atoms with Gasteiger partial charge >= 0.3 is 0 Å². The van der Waals surface area contributed by atoms with Crippen molar-refractivity contribution in [2.24, 2.45) is 5.10 Å². The van der Waals surface area contributed by atoms with Crippen molar-refractivity contribution < 1.29 is 8.42 Å². The fraction of sp³-hybridized carbons (Fsp3) is 0.214. The van der Waals surface area contributed by atoms with Gasteiger partial charge in [0.25, 0.3) is 10.0 Å². The summed E-state index contributed by atoms with van der Waals surface area (Å²) in [6.45, 7) is 5.15. The molecule has 0 fully saturated rings. The summed E-state index contributed by atoms with van der Waals surface area (Å²) in [6.07, 6.45) is 0. The van der Waals surface area contributed by atoms with Crippen molar-refractivity contribution in [3.8, 4) is 23.7 Å². The van der Waals surface area contributed by atoms with E-state index in [2.05, 4.69) is 33.6 Å². The maximum atomic E-state index is 11.9. The zero-order valence-corrected chi connectivity index (χ0v) is 11.8. The maximum Gasteiger partial charge on any atom is 0.276 e. The largest absolute Gasteiger partial charge is 0.276 e. The molecule has 0 aliphatic rings. The van der Waals surface area contributed by atoms with Crippen molar-refractivity contribution in [1.29, 1.82) is 0 Å². The molecule has 1 rings (SSSR count). The fourth-order valence-corrected chi connectivity index (χ4v) is 1.97. The number of hydrogen-bond acceptors (Lipinski definition) is 3. The van der Waals surface area contributed by atoms with Crippen LogP contribution in [-0.4, -0.2) is 14.1 Å². The molecule has 0 aliphatic heterocycles. The van der Waals surface area contributed by atoms with Gasteiger partial charge in [-0.05, 0) is 50.7 Å². The van der Waals surface area contributed by atoms with Gasteiger partial charge in [0, 0.05) is 0 Å². The van der Waals surface area contributed by atoms with Gasteiger partial charge in [0.2, 0.25) is 0 Å². The van der Waals surface area contributed by atoms with Crippen molar-refractivity contribution in [3.05, 3.63) is 29.8 Å². The van der Waals surface area contributed by atoms with Crippen LogP contribution in [-0.2, 0) is 10.0 Å². The molecule has 0 amide bonds. The summed E-state index contributed by atoms with van der Waals surface area (Å²) in [5.41, 5.74) is 1.33. The van der Waals surface area contributed by atoms with Crippen molar-refractivity contribution >= 4 is 15.7 Å². The van der Waals surface area contributed by atoms with Crippen molar-refractivity contribution in [3.63, 3.8) is 0 Å². The molecule has 0 spiro atoms. The van der Waals surface area contributed by atoms with Gasteiger partial charge in [0.15, 0.2) is 0 Å². The first-order chi connectivity index (χ1) is 8.95. The van der Waals surface area contributed by atoms with E-state index in [0.29, 0.717) is 5.71 Å². The van der Waals surface area contributed by atoms with Crippen LogP contribution in [0.5, 0.6) is 0 Å². The zero-order valence-electron chi connectivity index (χ0n) is 11.0. The standard InChI is InChI=1S/C14H14N2O2S/c1-4-5-6-7-13(3)15-16-19(17,18)14-10-8-12(2)9-11-14/h8-11,16H,1-3H3/b15-13+. The van der Waals surface area contributed by atoms with Gasteiger partial charge < -0.3 is 0 Å². The Morgan fingerprint density at radius 2 is 1.84 bits per heavy atom. The molecule has 0 atom stereocenters. The highest BCUT2D eigenvalue weighted by atomic mass is 32.2. The van der Waals surface area contributed by atoms with E-state index < -0.39 is 10.0 Å². The summed E-state index contributed by atoms with van der Waals surface area (Å²) in [4.78, 5) is 2.29. The number of nitrogens with one attached hydrogen (secondary N) is 1. The molecule has 0 heterocycles. The van der Waals surface area contributed by atoms with Gasteiger partial charge in [-0.15, -0.1) is 0 Å². The lowest BCUT2D eigenvalue weighted by Crippen LogP contribution is -2.19. The summed E-state index contributed by atoms with van der Waals surface area (Å²) in [5.74, 6) is 10.3. The number of nitrogens with zero attached hydrogens (tertiary/aromatic N) is 1. The molecule has 1 aromatic rings. The molecule has 5 heteroatoms. The van der Waals surface area contributed by atoms with Crippen LogP contribution in [0.15, 0.2) is 34.3 Å². The summed E-state index contributed by atoms with van der Waals surface area (Å²) >= 11 is 0. The van der Waals surface area contributed by atoms with Crippen LogP contribution in [0.1, 0.15) is 19.4 Å². The van der Waals surface area contributed by atoms with Crippen molar-refractivity contribution in [1.82, 2.24) is 4.83 Å². The van der Waals surface area contributed by atoms with Crippen molar-refractivity contribution in [2.75, 3.05) is 0 Å². The number of hydrogen-bond donors (Lipinski definition) is 1. The van der Waals surface area contributed by atoms with E-state index in [4.69, 9.17) is 0 Å². The Hall–Kier alpha value is -2.24. The number of rotatable bonds is 3. The molecule has 4 nitrogen and oxygen atoms in total. The number of hydrazone groups is 1. The van der Waals surface area contributed by atoms with Crippen LogP contribution < -0.4 is 4.83 Å².